The Balaban J connectivity index is 2.30. The Kier molecular flexibility index (Phi) is 3.31. The second-order valence-corrected chi connectivity index (χ2v) is 5.42. The smallest absolute Gasteiger partial charge is 0.416 e. The van der Waals surface area contributed by atoms with E-state index in [4.69, 9.17) is 0 Å². The maximum absolute atomic E-state index is 11.6. The molecule has 1 aromatic carbocycles. The van der Waals surface area contributed by atoms with E-state index < -0.39 is 11.7 Å². The Labute approximate surface area is 122 Å². The van der Waals surface area contributed by atoms with Crippen LogP contribution in [-0.4, -0.2) is 27.4 Å². The summed E-state index contributed by atoms with van der Waals surface area (Å²) in [6.07, 6.45) is 1.93. The van der Waals surface area contributed by atoms with Crippen molar-refractivity contribution in [2.24, 2.45) is 0 Å². The number of nitrogens with zero attached hydrogens (tertiary/aromatic N) is 1. The number of carboxylic acid groups (broad SMARTS) is 1. The van der Waals surface area contributed by atoms with E-state index in [9.17, 15) is 15.0 Å². The van der Waals surface area contributed by atoms with Crippen LogP contribution in [0.1, 0.15) is 24.1 Å². The second kappa shape index (κ2) is 5.02. The normalized spacial score (nSPS) is 21.2. The van der Waals surface area contributed by atoms with E-state index >= 15 is 0 Å². The van der Waals surface area contributed by atoms with Crippen LogP contribution in [0, 0.1) is 0 Å². The van der Waals surface area contributed by atoms with Crippen molar-refractivity contribution in [3.05, 3.63) is 48.2 Å². The fourth-order valence-corrected chi connectivity index (χ4v) is 3.23. The second-order valence-electron chi connectivity index (χ2n) is 5.42. The molecule has 110 valence electrons. The predicted molar refractivity (Wildman–Crippen MR) is 80.4 cm³/mol. The van der Waals surface area contributed by atoms with Gasteiger partial charge in [-0.25, -0.2) is 9.36 Å². The van der Waals surface area contributed by atoms with Gasteiger partial charge in [0.25, 0.3) is 0 Å². The average Bonchev–Trinajstić information content (AvgIpc) is 2.81. The lowest BCUT2D eigenvalue weighted by atomic mass is 9.84. The molecule has 1 unspecified atom stereocenters. The minimum atomic E-state index is -1.07. The van der Waals surface area contributed by atoms with E-state index in [1.165, 1.54) is 4.57 Å². The first kappa shape index (κ1) is 13.9. The SMILES string of the molecule is C=CCCC1(O)CNCc2c1c1ccccc1n2C(=O)O. The highest BCUT2D eigenvalue weighted by molar-refractivity contribution is 5.94. The highest BCUT2D eigenvalue weighted by atomic mass is 16.4. The number of β-amino-alcohol motifs (C(OH)–C–C–N with tert-alkyl or cyclic N) is 1. The molecule has 2 aromatic rings. The molecule has 0 saturated carbocycles. The van der Waals surface area contributed by atoms with Gasteiger partial charge in [-0.15, -0.1) is 6.58 Å². The molecule has 1 aromatic heterocycles. The summed E-state index contributed by atoms with van der Waals surface area (Å²) in [4.78, 5) is 11.6. The van der Waals surface area contributed by atoms with E-state index in [1.807, 2.05) is 18.2 Å². The summed E-state index contributed by atoms with van der Waals surface area (Å²) in [5.74, 6) is 0. The Hall–Kier alpha value is -2.11. The standard InChI is InChI=1S/C16H18N2O3/c1-2-3-8-16(21)10-17-9-13-14(16)11-6-4-5-7-12(11)18(13)15(19)20/h2,4-7,17,21H,1,3,8-10H2,(H,19,20). The minimum absolute atomic E-state index is 0.418. The first-order chi connectivity index (χ1) is 10.1. The monoisotopic (exact) mass is 286 g/mol. The van der Waals surface area contributed by atoms with Crippen LogP contribution in [0.4, 0.5) is 4.79 Å². The van der Waals surface area contributed by atoms with E-state index in [0.29, 0.717) is 37.1 Å². The summed E-state index contributed by atoms with van der Waals surface area (Å²) in [6, 6.07) is 7.32. The lowest BCUT2D eigenvalue weighted by Crippen LogP contribution is -2.43. The van der Waals surface area contributed by atoms with Crippen molar-refractivity contribution in [2.45, 2.75) is 25.0 Å². The number of carbonyl (C=O) groups is 1. The van der Waals surface area contributed by atoms with E-state index in [2.05, 4.69) is 11.9 Å². The largest absolute Gasteiger partial charge is 0.464 e. The van der Waals surface area contributed by atoms with E-state index in [-0.39, 0.29) is 0 Å². The topological polar surface area (TPSA) is 74.5 Å². The van der Waals surface area contributed by atoms with Crippen LogP contribution in [0.15, 0.2) is 36.9 Å². The van der Waals surface area contributed by atoms with Gasteiger partial charge in [0.05, 0.1) is 11.2 Å². The zero-order chi connectivity index (χ0) is 15.0. The number of rotatable bonds is 3. The van der Waals surface area contributed by atoms with Crippen molar-refractivity contribution >= 4 is 17.0 Å². The van der Waals surface area contributed by atoms with Gasteiger partial charge in [-0.3, -0.25) is 0 Å². The third-order valence-corrected chi connectivity index (χ3v) is 4.10. The molecule has 5 heteroatoms. The van der Waals surface area contributed by atoms with Crippen LogP contribution in [0.25, 0.3) is 10.9 Å². The summed E-state index contributed by atoms with van der Waals surface area (Å²) in [7, 11) is 0. The molecule has 0 spiro atoms. The molecule has 0 radical (unpaired) electrons. The molecule has 0 aliphatic carbocycles. The maximum atomic E-state index is 11.6. The highest BCUT2D eigenvalue weighted by Crippen LogP contribution is 2.39. The Morgan fingerprint density at radius 2 is 2.24 bits per heavy atom. The maximum Gasteiger partial charge on any atom is 0.416 e. The van der Waals surface area contributed by atoms with Crippen LogP contribution in [-0.2, 0) is 12.1 Å². The Morgan fingerprint density at radius 3 is 2.95 bits per heavy atom. The van der Waals surface area contributed by atoms with Crippen molar-refractivity contribution < 1.29 is 15.0 Å². The molecule has 1 aliphatic heterocycles. The van der Waals surface area contributed by atoms with Gasteiger partial charge >= 0.3 is 6.09 Å². The van der Waals surface area contributed by atoms with Gasteiger partial charge in [-0.1, -0.05) is 24.3 Å². The molecule has 2 heterocycles. The Bertz CT molecular complexity index is 720. The summed E-state index contributed by atoms with van der Waals surface area (Å²) in [5, 5.41) is 24.5. The van der Waals surface area contributed by atoms with Gasteiger partial charge in [-0.05, 0) is 18.9 Å². The van der Waals surface area contributed by atoms with Crippen molar-refractivity contribution in [3.63, 3.8) is 0 Å². The van der Waals surface area contributed by atoms with Crippen molar-refractivity contribution in [3.8, 4) is 0 Å². The van der Waals surface area contributed by atoms with E-state index in [0.717, 1.165) is 10.9 Å². The van der Waals surface area contributed by atoms with Crippen molar-refractivity contribution in [1.29, 1.82) is 0 Å². The molecular weight excluding hydrogens is 268 g/mol. The third-order valence-electron chi connectivity index (χ3n) is 4.10. The first-order valence-electron chi connectivity index (χ1n) is 6.98. The number of nitrogens with one attached hydrogen (secondary N) is 1. The molecular formula is C16H18N2O3. The number of benzene rings is 1. The third kappa shape index (κ3) is 2.05. The lowest BCUT2D eigenvalue weighted by molar-refractivity contribution is 0.0220. The molecule has 5 nitrogen and oxygen atoms in total. The number of hydrogen-bond acceptors (Lipinski definition) is 3. The molecule has 0 saturated heterocycles. The molecule has 21 heavy (non-hydrogen) atoms. The molecule has 1 atom stereocenters. The van der Waals surface area contributed by atoms with Gasteiger partial charge in [0, 0.05) is 24.0 Å². The number of fused-ring (bicyclic) bond motifs is 3. The number of aliphatic hydroxyl groups is 1. The molecule has 3 N–H and O–H groups in total. The van der Waals surface area contributed by atoms with Gasteiger partial charge in [0.15, 0.2) is 0 Å². The molecule has 0 amide bonds. The van der Waals surface area contributed by atoms with Crippen LogP contribution in [0.3, 0.4) is 0 Å². The van der Waals surface area contributed by atoms with Crippen LogP contribution in [0.2, 0.25) is 0 Å². The lowest BCUT2D eigenvalue weighted by Gasteiger charge is -2.33. The predicted octanol–water partition coefficient (Wildman–Crippen LogP) is 2.42. The zero-order valence-corrected chi connectivity index (χ0v) is 11.7. The first-order valence-corrected chi connectivity index (χ1v) is 6.98. The van der Waals surface area contributed by atoms with Crippen LogP contribution in [0.5, 0.6) is 0 Å². The van der Waals surface area contributed by atoms with E-state index in [1.54, 1.807) is 12.1 Å². The molecule has 0 fully saturated rings. The summed E-state index contributed by atoms with van der Waals surface area (Å²) >= 11 is 0. The quantitative estimate of drug-likeness (QED) is 0.758. The zero-order valence-electron chi connectivity index (χ0n) is 11.7. The van der Waals surface area contributed by atoms with Gasteiger partial charge in [0.1, 0.15) is 5.60 Å². The van der Waals surface area contributed by atoms with Gasteiger partial charge < -0.3 is 15.5 Å². The molecule has 1 aliphatic rings. The van der Waals surface area contributed by atoms with Crippen molar-refractivity contribution in [1.82, 2.24) is 9.88 Å². The van der Waals surface area contributed by atoms with Gasteiger partial charge in [0.2, 0.25) is 0 Å². The minimum Gasteiger partial charge on any atom is -0.464 e. The van der Waals surface area contributed by atoms with Crippen LogP contribution < -0.4 is 5.32 Å². The van der Waals surface area contributed by atoms with Crippen molar-refractivity contribution in [2.75, 3.05) is 6.54 Å². The summed E-state index contributed by atoms with van der Waals surface area (Å²) in [5.41, 5.74) is 0.917. The summed E-state index contributed by atoms with van der Waals surface area (Å²) < 4.78 is 1.27. The average molecular weight is 286 g/mol. The fraction of sp³-hybridized carbons (Fsp3) is 0.312. The molecule has 3 rings (SSSR count). The number of allylic oxidation sites excluding steroid dienone is 1. The number of aromatic nitrogens is 1. The van der Waals surface area contributed by atoms with Crippen LogP contribution >= 0.6 is 0 Å². The Morgan fingerprint density at radius 1 is 1.48 bits per heavy atom. The summed E-state index contributed by atoms with van der Waals surface area (Å²) in [6.45, 7) is 4.55. The number of hydrogen-bond donors (Lipinski definition) is 3. The highest BCUT2D eigenvalue weighted by Gasteiger charge is 2.39. The molecule has 0 bridgehead atoms. The fourth-order valence-electron chi connectivity index (χ4n) is 3.23. The number of para-hydroxylation sites is 1. The van der Waals surface area contributed by atoms with Gasteiger partial charge in [-0.2, -0.15) is 0 Å².